The molecule has 0 saturated carbocycles. The molecule has 2 atom stereocenters. The number of nitrogens with one attached hydrogen (secondary N) is 1. The predicted molar refractivity (Wildman–Crippen MR) is 89.4 cm³/mol. The number of benzene rings is 1. The van der Waals surface area contributed by atoms with Crippen molar-refractivity contribution < 1.29 is 4.79 Å². The van der Waals surface area contributed by atoms with E-state index in [-0.39, 0.29) is 5.91 Å². The van der Waals surface area contributed by atoms with Crippen LogP contribution in [0.1, 0.15) is 29.1 Å². The van der Waals surface area contributed by atoms with E-state index in [1.807, 2.05) is 6.92 Å². The first-order valence-electron chi connectivity index (χ1n) is 7.29. The molecule has 1 fully saturated rings. The number of hydrogen-bond donors (Lipinski definition) is 2. The molecule has 4 nitrogen and oxygen atoms in total. The summed E-state index contributed by atoms with van der Waals surface area (Å²) >= 11 is 1.63. The van der Waals surface area contributed by atoms with Gasteiger partial charge in [-0.15, -0.1) is 11.3 Å². The Kier molecular flexibility index (Phi) is 3.63. The Labute approximate surface area is 128 Å². The second kappa shape index (κ2) is 5.31. The number of nitrogens with two attached hydrogens (primary N) is 1. The Morgan fingerprint density at radius 1 is 1.33 bits per heavy atom. The number of amides is 1. The van der Waals surface area contributed by atoms with Crippen LogP contribution in [-0.2, 0) is 0 Å². The summed E-state index contributed by atoms with van der Waals surface area (Å²) in [7, 11) is 0. The molecule has 0 radical (unpaired) electrons. The van der Waals surface area contributed by atoms with Crippen LogP contribution in [0.4, 0.5) is 5.69 Å². The highest BCUT2D eigenvalue weighted by Crippen LogP contribution is 2.33. The molecule has 1 aromatic carbocycles. The van der Waals surface area contributed by atoms with E-state index in [1.165, 1.54) is 5.69 Å². The highest BCUT2D eigenvalue weighted by atomic mass is 32.1. The molecular weight excluding hydrogens is 282 g/mol. The Bertz CT molecular complexity index is 684. The maximum absolute atomic E-state index is 11.7. The summed E-state index contributed by atoms with van der Waals surface area (Å²) in [6.07, 6.45) is 0. The van der Waals surface area contributed by atoms with Gasteiger partial charge in [0.05, 0.1) is 5.56 Å². The molecule has 1 aliphatic heterocycles. The van der Waals surface area contributed by atoms with E-state index in [2.05, 4.69) is 42.3 Å². The van der Waals surface area contributed by atoms with Gasteiger partial charge in [-0.25, -0.2) is 0 Å². The smallest absolute Gasteiger partial charge is 0.250 e. The third-order valence-electron chi connectivity index (χ3n) is 4.02. The van der Waals surface area contributed by atoms with Gasteiger partial charge in [-0.1, -0.05) is 0 Å². The second-order valence-electron chi connectivity index (χ2n) is 5.95. The van der Waals surface area contributed by atoms with Crippen molar-refractivity contribution >= 4 is 33.0 Å². The van der Waals surface area contributed by atoms with E-state index in [0.29, 0.717) is 17.6 Å². The molecule has 2 aromatic rings. The molecule has 0 bridgehead atoms. The lowest BCUT2D eigenvalue weighted by Crippen LogP contribution is -2.54. The maximum atomic E-state index is 11.7. The van der Waals surface area contributed by atoms with Gasteiger partial charge in [0.2, 0.25) is 5.91 Å². The molecular formula is C16H21N3OS. The Morgan fingerprint density at radius 3 is 2.62 bits per heavy atom. The lowest BCUT2D eigenvalue weighted by molar-refractivity contribution is 0.100. The van der Waals surface area contributed by atoms with Gasteiger partial charge in [0.1, 0.15) is 0 Å². The molecule has 2 unspecified atom stereocenters. The van der Waals surface area contributed by atoms with E-state index in [0.717, 1.165) is 28.1 Å². The van der Waals surface area contributed by atoms with Crippen LogP contribution < -0.4 is 16.0 Å². The third-order valence-corrected chi connectivity index (χ3v) is 5.10. The summed E-state index contributed by atoms with van der Waals surface area (Å²) in [5.74, 6) is -0.335. The number of nitrogens with zero attached hydrogens (tertiary/aromatic N) is 1. The van der Waals surface area contributed by atoms with E-state index in [4.69, 9.17) is 5.73 Å². The number of primary amides is 1. The van der Waals surface area contributed by atoms with Gasteiger partial charge in [0.15, 0.2) is 0 Å². The van der Waals surface area contributed by atoms with Crippen LogP contribution in [0.15, 0.2) is 18.2 Å². The van der Waals surface area contributed by atoms with Crippen LogP contribution in [0.5, 0.6) is 0 Å². The van der Waals surface area contributed by atoms with Crippen molar-refractivity contribution in [3.05, 3.63) is 28.6 Å². The zero-order valence-electron chi connectivity index (χ0n) is 12.6. The molecule has 5 heteroatoms. The van der Waals surface area contributed by atoms with Crippen LogP contribution >= 0.6 is 11.3 Å². The minimum Gasteiger partial charge on any atom is -0.368 e. The molecule has 0 spiro atoms. The van der Waals surface area contributed by atoms with Gasteiger partial charge in [0.25, 0.3) is 0 Å². The van der Waals surface area contributed by atoms with E-state index < -0.39 is 0 Å². The first kappa shape index (κ1) is 14.4. The van der Waals surface area contributed by atoms with Crippen molar-refractivity contribution in [1.82, 2.24) is 5.32 Å². The molecule has 0 aliphatic carbocycles. The van der Waals surface area contributed by atoms with Gasteiger partial charge in [-0.3, -0.25) is 4.79 Å². The monoisotopic (exact) mass is 303 g/mol. The minimum absolute atomic E-state index is 0.335. The Hall–Kier alpha value is -1.59. The molecule has 2 heterocycles. The molecule has 1 amide bonds. The molecule has 112 valence electrons. The van der Waals surface area contributed by atoms with Crippen LogP contribution in [0, 0.1) is 6.92 Å². The summed E-state index contributed by atoms with van der Waals surface area (Å²) in [4.78, 5) is 15.1. The normalized spacial score (nSPS) is 22.7. The van der Waals surface area contributed by atoms with Crippen molar-refractivity contribution in [2.24, 2.45) is 5.73 Å². The maximum Gasteiger partial charge on any atom is 0.250 e. The molecule has 21 heavy (non-hydrogen) atoms. The van der Waals surface area contributed by atoms with Gasteiger partial charge in [-0.05, 0) is 39.0 Å². The topological polar surface area (TPSA) is 58.4 Å². The van der Waals surface area contributed by atoms with Crippen LogP contribution in [0.3, 0.4) is 0 Å². The van der Waals surface area contributed by atoms with Crippen molar-refractivity contribution in [3.63, 3.8) is 0 Å². The average Bonchev–Trinajstić information content (AvgIpc) is 2.72. The molecule has 1 aliphatic rings. The van der Waals surface area contributed by atoms with E-state index in [1.54, 1.807) is 11.3 Å². The van der Waals surface area contributed by atoms with Crippen LogP contribution in [0.25, 0.3) is 10.1 Å². The zero-order chi connectivity index (χ0) is 15.1. The number of piperazine rings is 1. The van der Waals surface area contributed by atoms with Crippen molar-refractivity contribution in [1.29, 1.82) is 0 Å². The molecule has 1 aromatic heterocycles. The van der Waals surface area contributed by atoms with Crippen LogP contribution in [0.2, 0.25) is 0 Å². The van der Waals surface area contributed by atoms with Crippen molar-refractivity contribution in [3.8, 4) is 0 Å². The summed E-state index contributed by atoms with van der Waals surface area (Å²) < 4.78 is 1.13. The number of anilines is 1. The van der Waals surface area contributed by atoms with E-state index >= 15 is 0 Å². The Balaban J connectivity index is 2.04. The third kappa shape index (κ3) is 2.63. The Morgan fingerprint density at radius 2 is 2.00 bits per heavy atom. The van der Waals surface area contributed by atoms with E-state index in [9.17, 15) is 4.79 Å². The largest absolute Gasteiger partial charge is 0.368 e. The van der Waals surface area contributed by atoms with Crippen molar-refractivity contribution in [2.45, 2.75) is 32.9 Å². The van der Waals surface area contributed by atoms with Gasteiger partial charge < -0.3 is 16.0 Å². The summed E-state index contributed by atoms with van der Waals surface area (Å²) in [5.41, 5.74) is 7.39. The number of carbonyl (C=O) groups is 1. The standard InChI is InChI=1S/C16H21N3OS/c1-9-7-19(8-10(2)18-9)12-4-5-14-13(6-12)15(16(17)20)11(3)21-14/h4-6,9-10,18H,7-8H2,1-3H3,(H2,17,20). The summed E-state index contributed by atoms with van der Waals surface area (Å²) in [5, 5.41) is 4.52. The van der Waals surface area contributed by atoms with Crippen molar-refractivity contribution in [2.75, 3.05) is 18.0 Å². The summed E-state index contributed by atoms with van der Waals surface area (Å²) in [6.45, 7) is 8.31. The lowest BCUT2D eigenvalue weighted by Gasteiger charge is -2.37. The highest BCUT2D eigenvalue weighted by molar-refractivity contribution is 7.19. The number of thiophene rings is 1. The number of aryl methyl sites for hydroxylation is 1. The molecule has 1 saturated heterocycles. The number of fused-ring (bicyclic) bond motifs is 1. The molecule has 3 N–H and O–H groups in total. The number of rotatable bonds is 2. The second-order valence-corrected chi connectivity index (χ2v) is 7.21. The first-order chi connectivity index (χ1) is 9.95. The fourth-order valence-corrected chi connectivity index (χ4v) is 4.30. The lowest BCUT2D eigenvalue weighted by atomic mass is 10.1. The van der Waals surface area contributed by atoms with Gasteiger partial charge in [0, 0.05) is 45.8 Å². The minimum atomic E-state index is -0.335. The predicted octanol–water partition coefficient (Wildman–Crippen LogP) is 2.50. The van der Waals surface area contributed by atoms with Gasteiger partial charge >= 0.3 is 0 Å². The number of carbonyl (C=O) groups excluding carboxylic acids is 1. The molecule has 3 rings (SSSR count). The summed E-state index contributed by atoms with van der Waals surface area (Å²) in [6, 6.07) is 7.29. The highest BCUT2D eigenvalue weighted by Gasteiger charge is 2.22. The van der Waals surface area contributed by atoms with Crippen LogP contribution in [-0.4, -0.2) is 31.1 Å². The SMILES string of the molecule is Cc1sc2ccc(N3CC(C)NC(C)C3)cc2c1C(N)=O. The number of hydrogen-bond acceptors (Lipinski definition) is 4. The first-order valence-corrected chi connectivity index (χ1v) is 8.11. The quantitative estimate of drug-likeness (QED) is 0.896. The average molecular weight is 303 g/mol. The fourth-order valence-electron chi connectivity index (χ4n) is 3.25. The zero-order valence-corrected chi connectivity index (χ0v) is 13.5. The fraction of sp³-hybridized carbons (Fsp3) is 0.438. The van der Waals surface area contributed by atoms with Gasteiger partial charge in [-0.2, -0.15) is 0 Å².